The topological polar surface area (TPSA) is 68.6 Å². The number of nitrogens with zero attached hydrogens (tertiary/aromatic N) is 1. The summed E-state index contributed by atoms with van der Waals surface area (Å²) in [5.74, 6) is -0.591. The molecule has 1 fully saturated rings. The monoisotopic (exact) mass is 399 g/mol. The van der Waals surface area contributed by atoms with E-state index in [0.29, 0.717) is 29.7 Å². The smallest absolute Gasteiger partial charge is 0.306 e. The van der Waals surface area contributed by atoms with Gasteiger partial charge in [-0.1, -0.05) is 29.3 Å². The lowest BCUT2D eigenvalue weighted by Gasteiger charge is -2.27. The molecule has 1 aliphatic rings. The molecule has 0 amide bonds. The SMILES string of the molecule is CCOC(=O)CC(CC(C#N)OC1CCCCO1)c1ccc(Cl)c(Cl)c1. The van der Waals surface area contributed by atoms with Gasteiger partial charge in [0, 0.05) is 6.61 Å². The molecule has 0 aromatic heterocycles. The average molecular weight is 400 g/mol. The number of carbonyl (C=O) groups excluding carboxylic acids is 1. The summed E-state index contributed by atoms with van der Waals surface area (Å²) in [6, 6.07) is 7.38. The molecular weight excluding hydrogens is 377 g/mol. The van der Waals surface area contributed by atoms with Crippen molar-refractivity contribution in [3.8, 4) is 6.07 Å². The molecule has 3 unspecified atom stereocenters. The van der Waals surface area contributed by atoms with Crippen LogP contribution < -0.4 is 0 Å². The molecule has 3 atom stereocenters. The quantitative estimate of drug-likeness (QED) is 0.583. The Morgan fingerprint density at radius 3 is 2.81 bits per heavy atom. The van der Waals surface area contributed by atoms with Gasteiger partial charge in [-0.3, -0.25) is 4.79 Å². The van der Waals surface area contributed by atoms with Crippen molar-refractivity contribution in [3.05, 3.63) is 33.8 Å². The van der Waals surface area contributed by atoms with Crippen LogP contribution in [0.2, 0.25) is 10.0 Å². The van der Waals surface area contributed by atoms with Gasteiger partial charge in [-0.25, -0.2) is 0 Å². The zero-order chi connectivity index (χ0) is 18.9. The van der Waals surface area contributed by atoms with Crippen molar-refractivity contribution in [2.24, 2.45) is 0 Å². The van der Waals surface area contributed by atoms with Gasteiger partial charge < -0.3 is 14.2 Å². The van der Waals surface area contributed by atoms with Gasteiger partial charge in [0.2, 0.25) is 0 Å². The van der Waals surface area contributed by atoms with Gasteiger partial charge in [0.1, 0.15) is 6.10 Å². The van der Waals surface area contributed by atoms with Crippen LogP contribution in [0, 0.1) is 11.3 Å². The highest BCUT2D eigenvalue weighted by Gasteiger charge is 2.26. The van der Waals surface area contributed by atoms with E-state index in [2.05, 4.69) is 6.07 Å². The third-order valence-corrected chi connectivity index (χ3v) is 4.97. The highest BCUT2D eigenvalue weighted by Crippen LogP contribution is 2.32. The second-order valence-electron chi connectivity index (χ2n) is 6.17. The first-order valence-electron chi connectivity index (χ1n) is 8.80. The maximum Gasteiger partial charge on any atom is 0.306 e. The first-order chi connectivity index (χ1) is 12.5. The van der Waals surface area contributed by atoms with E-state index in [1.54, 1.807) is 19.1 Å². The number of benzene rings is 1. The second kappa shape index (κ2) is 10.7. The summed E-state index contributed by atoms with van der Waals surface area (Å²) in [7, 11) is 0. The highest BCUT2D eigenvalue weighted by molar-refractivity contribution is 6.42. The van der Waals surface area contributed by atoms with E-state index in [1.165, 1.54) is 0 Å². The number of ether oxygens (including phenoxy) is 3. The predicted octanol–water partition coefficient (Wildman–Crippen LogP) is 4.86. The molecule has 7 heteroatoms. The van der Waals surface area contributed by atoms with Gasteiger partial charge in [-0.2, -0.15) is 5.26 Å². The number of rotatable bonds is 8. The molecular formula is C19H23Cl2NO4. The van der Waals surface area contributed by atoms with Gasteiger partial charge >= 0.3 is 5.97 Å². The average Bonchev–Trinajstić information content (AvgIpc) is 2.63. The molecule has 26 heavy (non-hydrogen) atoms. The van der Waals surface area contributed by atoms with Crippen molar-refractivity contribution >= 4 is 29.2 Å². The third kappa shape index (κ3) is 6.44. The van der Waals surface area contributed by atoms with E-state index < -0.39 is 6.10 Å². The number of carbonyl (C=O) groups is 1. The summed E-state index contributed by atoms with van der Waals surface area (Å²) < 4.78 is 16.4. The van der Waals surface area contributed by atoms with E-state index in [4.69, 9.17) is 37.4 Å². The molecule has 142 valence electrons. The third-order valence-electron chi connectivity index (χ3n) is 4.23. The van der Waals surface area contributed by atoms with Crippen molar-refractivity contribution in [1.82, 2.24) is 0 Å². The summed E-state index contributed by atoms with van der Waals surface area (Å²) in [6.45, 7) is 2.70. The Labute approximate surface area is 164 Å². The zero-order valence-electron chi connectivity index (χ0n) is 14.7. The van der Waals surface area contributed by atoms with Crippen LogP contribution in [-0.2, 0) is 19.0 Å². The van der Waals surface area contributed by atoms with Crippen molar-refractivity contribution in [2.45, 2.75) is 57.3 Å². The molecule has 1 aromatic carbocycles. The number of hydrogen-bond acceptors (Lipinski definition) is 5. The van der Waals surface area contributed by atoms with Crippen LogP contribution >= 0.6 is 23.2 Å². The minimum Gasteiger partial charge on any atom is -0.466 e. The minimum atomic E-state index is -0.688. The van der Waals surface area contributed by atoms with E-state index in [-0.39, 0.29) is 24.6 Å². The summed E-state index contributed by atoms with van der Waals surface area (Å²) in [6.07, 6.45) is 2.21. The van der Waals surface area contributed by atoms with Crippen LogP contribution in [0.5, 0.6) is 0 Å². The van der Waals surface area contributed by atoms with Crippen molar-refractivity contribution in [2.75, 3.05) is 13.2 Å². The lowest BCUT2D eigenvalue weighted by atomic mass is 9.90. The van der Waals surface area contributed by atoms with Crippen LogP contribution in [0.3, 0.4) is 0 Å². The molecule has 0 saturated carbocycles. The Balaban J connectivity index is 2.11. The standard InChI is InChI=1S/C19H23Cl2NO4/c1-2-24-18(23)11-14(13-6-7-16(20)17(21)10-13)9-15(12-22)26-19-5-3-4-8-25-19/h6-7,10,14-15,19H,2-5,8-9,11H2,1H3. The van der Waals surface area contributed by atoms with Gasteiger partial charge in [-0.15, -0.1) is 0 Å². The van der Waals surface area contributed by atoms with Crippen LogP contribution in [0.15, 0.2) is 18.2 Å². The molecule has 1 heterocycles. The number of hydrogen-bond donors (Lipinski definition) is 0. The maximum absolute atomic E-state index is 12.0. The summed E-state index contributed by atoms with van der Waals surface area (Å²) in [5, 5.41) is 10.3. The van der Waals surface area contributed by atoms with Crippen LogP contribution in [0.1, 0.15) is 50.5 Å². The van der Waals surface area contributed by atoms with E-state index in [0.717, 1.165) is 24.8 Å². The van der Waals surface area contributed by atoms with Crippen LogP contribution in [-0.4, -0.2) is 31.6 Å². The van der Waals surface area contributed by atoms with Gasteiger partial charge in [-0.05, 0) is 56.2 Å². The highest BCUT2D eigenvalue weighted by atomic mass is 35.5. The molecule has 1 aliphatic heterocycles. The lowest BCUT2D eigenvalue weighted by molar-refractivity contribution is -0.178. The normalized spacial score (nSPS) is 19.4. The number of esters is 1. The second-order valence-corrected chi connectivity index (χ2v) is 6.98. The van der Waals surface area contributed by atoms with Crippen molar-refractivity contribution in [3.63, 3.8) is 0 Å². The molecule has 1 saturated heterocycles. The Morgan fingerprint density at radius 2 is 2.19 bits per heavy atom. The fraction of sp³-hybridized carbons (Fsp3) is 0.579. The van der Waals surface area contributed by atoms with Crippen LogP contribution in [0.25, 0.3) is 0 Å². The first kappa shape index (κ1) is 21.0. The van der Waals surface area contributed by atoms with Crippen molar-refractivity contribution < 1.29 is 19.0 Å². The van der Waals surface area contributed by atoms with Gasteiger partial charge in [0.05, 0.1) is 29.1 Å². The first-order valence-corrected chi connectivity index (χ1v) is 9.56. The number of halogens is 2. The zero-order valence-corrected chi connectivity index (χ0v) is 16.3. The maximum atomic E-state index is 12.0. The number of nitriles is 1. The molecule has 5 nitrogen and oxygen atoms in total. The molecule has 0 aliphatic carbocycles. The lowest BCUT2D eigenvalue weighted by Crippen LogP contribution is -2.28. The fourth-order valence-corrected chi connectivity index (χ4v) is 3.23. The van der Waals surface area contributed by atoms with E-state index >= 15 is 0 Å². The fourth-order valence-electron chi connectivity index (χ4n) is 2.92. The Kier molecular flexibility index (Phi) is 8.67. The van der Waals surface area contributed by atoms with E-state index in [9.17, 15) is 10.1 Å². The molecule has 0 N–H and O–H groups in total. The summed E-state index contributed by atoms with van der Waals surface area (Å²) in [5.41, 5.74) is 0.820. The molecule has 1 aromatic rings. The van der Waals surface area contributed by atoms with E-state index in [1.807, 2.05) is 6.07 Å². The molecule has 0 spiro atoms. The molecule has 0 bridgehead atoms. The van der Waals surface area contributed by atoms with Gasteiger partial charge in [0.15, 0.2) is 6.29 Å². The predicted molar refractivity (Wildman–Crippen MR) is 99.1 cm³/mol. The minimum absolute atomic E-state index is 0.138. The van der Waals surface area contributed by atoms with Gasteiger partial charge in [0.25, 0.3) is 0 Å². The van der Waals surface area contributed by atoms with Crippen LogP contribution in [0.4, 0.5) is 0 Å². The largest absolute Gasteiger partial charge is 0.466 e. The van der Waals surface area contributed by atoms with Crippen molar-refractivity contribution in [1.29, 1.82) is 5.26 Å². The summed E-state index contributed by atoms with van der Waals surface area (Å²) in [4.78, 5) is 12.0. The Morgan fingerprint density at radius 1 is 1.38 bits per heavy atom. The molecule has 2 rings (SSSR count). The Bertz CT molecular complexity index is 641. The Hall–Kier alpha value is -1.32. The summed E-state index contributed by atoms with van der Waals surface area (Å²) >= 11 is 12.1. The molecule has 0 radical (unpaired) electrons.